The first-order valence-electron chi connectivity index (χ1n) is 11.5. The molecule has 1 aromatic carbocycles. The fourth-order valence-electron chi connectivity index (χ4n) is 4.65. The molecule has 4 rings (SSSR count). The van der Waals surface area contributed by atoms with Crippen LogP contribution in [0.15, 0.2) is 40.8 Å². The molecule has 1 aliphatic carbocycles. The van der Waals surface area contributed by atoms with Crippen LogP contribution in [0.3, 0.4) is 0 Å². The van der Waals surface area contributed by atoms with Gasteiger partial charge in [-0.15, -0.1) is 0 Å². The Hall–Kier alpha value is -2.63. The Morgan fingerprint density at radius 2 is 2.06 bits per heavy atom. The van der Waals surface area contributed by atoms with Gasteiger partial charge in [0.1, 0.15) is 17.3 Å². The van der Waals surface area contributed by atoms with Crippen molar-refractivity contribution >= 4 is 11.9 Å². The quantitative estimate of drug-likeness (QED) is 0.505. The minimum atomic E-state index is -0.432. The molecule has 32 heavy (non-hydrogen) atoms. The van der Waals surface area contributed by atoms with E-state index < -0.39 is 5.41 Å². The summed E-state index contributed by atoms with van der Waals surface area (Å²) >= 11 is 0. The van der Waals surface area contributed by atoms with Crippen LogP contribution < -0.4 is 10.1 Å². The summed E-state index contributed by atoms with van der Waals surface area (Å²) in [6, 6.07) is 5.84. The average Bonchev–Trinajstić information content (AvgIpc) is 3.12. The summed E-state index contributed by atoms with van der Waals surface area (Å²) in [6.45, 7) is 18.0. The van der Waals surface area contributed by atoms with Crippen molar-refractivity contribution in [2.75, 3.05) is 39.3 Å². The minimum Gasteiger partial charge on any atom is -0.494 e. The monoisotopic (exact) mass is 434 g/mol. The summed E-state index contributed by atoms with van der Waals surface area (Å²) in [5.74, 6) is 2.30. The van der Waals surface area contributed by atoms with E-state index in [1.165, 1.54) is 0 Å². The maximum absolute atomic E-state index is 13.5. The van der Waals surface area contributed by atoms with Crippen LogP contribution >= 0.6 is 0 Å². The third kappa shape index (κ3) is 4.32. The first-order valence-corrected chi connectivity index (χ1v) is 11.5. The number of hydrogen-bond donors (Lipinski definition) is 1. The first-order chi connectivity index (χ1) is 15.3. The summed E-state index contributed by atoms with van der Waals surface area (Å²) < 4.78 is 12.2. The standard InChI is InChI=1S/C27H34N2O3/c1-18(2)7-9-21-19(3)32-26-24(21)25(30)22-10-8-20(17-23(22)27(26,4)5)31-16-6-13-29-14-11-28-12-15-29/h7-10,17,28H,1,6,11-16H2,2-5H3/b9-7-. The molecule has 5 heteroatoms. The van der Waals surface area contributed by atoms with Gasteiger partial charge in [0.05, 0.1) is 12.2 Å². The van der Waals surface area contributed by atoms with E-state index in [1.807, 2.05) is 44.2 Å². The second-order valence-corrected chi connectivity index (χ2v) is 9.41. The Bertz CT molecular complexity index is 1060. The van der Waals surface area contributed by atoms with Crippen molar-refractivity contribution in [1.29, 1.82) is 0 Å². The molecule has 0 saturated carbocycles. The Morgan fingerprint density at radius 3 is 2.78 bits per heavy atom. The predicted molar refractivity (Wildman–Crippen MR) is 129 cm³/mol. The van der Waals surface area contributed by atoms with Crippen molar-refractivity contribution in [3.63, 3.8) is 0 Å². The van der Waals surface area contributed by atoms with Crippen LogP contribution in [0.5, 0.6) is 5.75 Å². The number of carbonyl (C=O) groups excluding carboxylic acids is 1. The van der Waals surface area contributed by atoms with Gasteiger partial charge in [-0.1, -0.05) is 24.3 Å². The number of fused-ring (bicyclic) bond motifs is 2. The highest BCUT2D eigenvalue weighted by atomic mass is 16.5. The van der Waals surface area contributed by atoms with Crippen molar-refractivity contribution in [1.82, 2.24) is 10.2 Å². The van der Waals surface area contributed by atoms with Gasteiger partial charge >= 0.3 is 0 Å². The topological polar surface area (TPSA) is 54.7 Å². The molecule has 0 unspecified atom stereocenters. The summed E-state index contributed by atoms with van der Waals surface area (Å²) in [6.07, 6.45) is 4.85. The molecule has 2 aromatic rings. The van der Waals surface area contributed by atoms with Crippen LogP contribution in [0, 0.1) is 6.92 Å². The van der Waals surface area contributed by atoms with Gasteiger partial charge in [0.2, 0.25) is 0 Å². The third-order valence-electron chi connectivity index (χ3n) is 6.47. The Balaban J connectivity index is 1.54. The van der Waals surface area contributed by atoms with E-state index in [4.69, 9.17) is 9.15 Å². The number of furan rings is 1. The minimum absolute atomic E-state index is 0.0119. The van der Waals surface area contributed by atoms with E-state index in [1.54, 1.807) is 0 Å². The Kier molecular flexibility index (Phi) is 6.40. The molecule has 1 aliphatic heterocycles. The fourth-order valence-corrected chi connectivity index (χ4v) is 4.65. The highest BCUT2D eigenvalue weighted by Crippen LogP contribution is 2.45. The zero-order valence-corrected chi connectivity index (χ0v) is 19.7. The van der Waals surface area contributed by atoms with E-state index in [0.29, 0.717) is 12.2 Å². The second kappa shape index (κ2) is 9.08. The van der Waals surface area contributed by atoms with Gasteiger partial charge in [-0.2, -0.15) is 0 Å². The Morgan fingerprint density at radius 1 is 1.31 bits per heavy atom. The zero-order valence-electron chi connectivity index (χ0n) is 19.7. The van der Waals surface area contributed by atoms with Crippen molar-refractivity contribution in [3.8, 4) is 5.75 Å². The number of allylic oxidation sites excluding steroid dienone is 2. The van der Waals surface area contributed by atoms with Crippen molar-refractivity contribution < 1.29 is 13.9 Å². The van der Waals surface area contributed by atoms with Crippen LogP contribution in [-0.4, -0.2) is 50.0 Å². The van der Waals surface area contributed by atoms with Gasteiger partial charge in [0, 0.05) is 49.3 Å². The van der Waals surface area contributed by atoms with Crippen LogP contribution in [0.4, 0.5) is 0 Å². The number of piperazine rings is 1. The van der Waals surface area contributed by atoms with Gasteiger partial charge in [0.15, 0.2) is 5.78 Å². The smallest absolute Gasteiger partial charge is 0.197 e. The van der Waals surface area contributed by atoms with Crippen molar-refractivity contribution in [2.45, 2.75) is 39.5 Å². The van der Waals surface area contributed by atoms with E-state index >= 15 is 0 Å². The summed E-state index contributed by atoms with van der Waals surface area (Å²) in [5.41, 5.74) is 3.70. The largest absolute Gasteiger partial charge is 0.494 e. The van der Waals surface area contributed by atoms with E-state index in [9.17, 15) is 4.79 Å². The zero-order chi connectivity index (χ0) is 22.9. The molecule has 0 spiro atoms. The molecule has 0 radical (unpaired) electrons. The number of aryl methyl sites for hydroxylation is 1. The van der Waals surface area contributed by atoms with Crippen LogP contribution in [-0.2, 0) is 5.41 Å². The van der Waals surface area contributed by atoms with Crippen molar-refractivity contribution in [3.05, 3.63) is 70.2 Å². The van der Waals surface area contributed by atoms with Crippen molar-refractivity contribution in [2.24, 2.45) is 0 Å². The van der Waals surface area contributed by atoms with Crippen LogP contribution in [0.2, 0.25) is 0 Å². The summed E-state index contributed by atoms with van der Waals surface area (Å²) in [4.78, 5) is 15.9. The van der Waals surface area contributed by atoms with Gasteiger partial charge in [0.25, 0.3) is 0 Å². The lowest BCUT2D eigenvalue weighted by molar-refractivity contribution is 0.102. The maximum Gasteiger partial charge on any atom is 0.197 e. The number of nitrogens with zero attached hydrogens (tertiary/aromatic N) is 1. The molecule has 2 aliphatic rings. The number of ketones is 1. The molecule has 1 saturated heterocycles. The SMILES string of the molecule is C=C(C)/C=C\c1c(C)oc2c1C(=O)c1ccc(OCCCN3CCNCC3)cc1C2(C)C. The third-order valence-corrected chi connectivity index (χ3v) is 6.47. The summed E-state index contributed by atoms with van der Waals surface area (Å²) in [7, 11) is 0. The molecular weight excluding hydrogens is 400 g/mol. The van der Waals surface area contributed by atoms with Crippen LogP contribution in [0.25, 0.3) is 6.08 Å². The van der Waals surface area contributed by atoms with E-state index in [2.05, 4.69) is 30.6 Å². The molecule has 0 bridgehead atoms. The highest BCUT2D eigenvalue weighted by molar-refractivity contribution is 6.15. The Labute approximate surface area is 191 Å². The van der Waals surface area contributed by atoms with Gasteiger partial charge in [-0.05, 0) is 57.9 Å². The molecule has 5 nitrogen and oxygen atoms in total. The normalized spacial score (nSPS) is 17.9. The van der Waals surface area contributed by atoms with Gasteiger partial charge < -0.3 is 19.4 Å². The number of ether oxygens (including phenoxy) is 1. The first kappa shape index (κ1) is 22.6. The number of nitrogens with one attached hydrogen (secondary N) is 1. The van der Waals surface area contributed by atoms with E-state index in [0.717, 1.165) is 78.7 Å². The molecule has 0 atom stereocenters. The lowest BCUT2D eigenvalue weighted by Crippen LogP contribution is -2.43. The number of benzene rings is 1. The average molecular weight is 435 g/mol. The molecule has 1 N–H and O–H groups in total. The molecule has 2 heterocycles. The van der Waals surface area contributed by atoms with E-state index in [-0.39, 0.29) is 5.78 Å². The number of rotatable bonds is 7. The molecule has 0 amide bonds. The second-order valence-electron chi connectivity index (χ2n) is 9.41. The summed E-state index contributed by atoms with van der Waals surface area (Å²) in [5, 5.41) is 3.38. The molecule has 1 fully saturated rings. The molecule has 170 valence electrons. The number of hydrogen-bond acceptors (Lipinski definition) is 5. The highest BCUT2D eigenvalue weighted by Gasteiger charge is 2.42. The predicted octanol–water partition coefficient (Wildman–Crippen LogP) is 4.72. The fraction of sp³-hybridized carbons (Fsp3) is 0.444. The van der Waals surface area contributed by atoms with Gasteiger partial charge in [-0.25, -0.2) is 0 Å². The van der Waals surface area contributed by atoms with Gasteiger partial charge in [-0.3, -0.25) is 4.79 Å². The molecular formula is C27H34N2O3. The lowest BCUT2D eigenvalue weighted by atomic mass is 9.71. The maximum atomic E-state index is 13.5. The lowest BCUT2D eigenvalue weighted by Gasteiger charge is -2.31. The molecule has 1 aromatic heterocycles. The number of carbonyl (C=O) groups is 1. The van der Waals surface area contributed by atoms with Crippen LogP contribution in [0.1, 0.15) is 65.8 Å².